The van der Waals surface area contributed by atoms with Gasteiger partial charge in [-0.15, -0.1) is 7.92 Å². The Morgan fingerprint density at radius 2 is 1.32 bits per heavy atom. The van der Waals surface area contributed by atoms with E-state index in [1.54, 1.807) is 0 Å². The summed E-state index contributed by atoms with van der Waals surface area (Å²) in [6.07, 6.45) is 15.7. The van der Waals surface area contributed by atoms with E-state index in [4.69, 9.17) is 0 Å². The molecule has 1 atom stereocenters. The largest absolute Gasteiger partial charge is 0.110 e. The van der Waals surface area contributed by atoms with Crippen molar-refractivity contribution in [1.29, 1.82) is 0 Å². The molecule has 22 heavy (non-hydrogen) atoms. The Morgan fingerprint density at radius 3 is 1.86 bits per heavy atom. The topological polar surface area (TPSA) is 0 Å². The summed E-state index contributed by atoms with van der Waals surface area (Å²) >= 11 is 0. The molecule has 0 spiro atoms. The van der Waals surface area contributed by atoms with Gasteiger partial charge in [-0.2, -0.15) is 0 Å². The molecule has 0 aliphatic heterocycles. The molecule has 0 aliphatic rings. The fourth-order valence-electron chi connectivity index (χ4n) is 3.12. The van der Waals surface area contributed by atoms with Crippen LogP contribution in [0.15, 0.2) is 30.3 Å². The zero-order chi connectivity index (χ0) is 16.0. The van der Waals surface area contributed by atoms with Crippen LogP contribution in [-0.4, -0.2) is 19.0 Å². The Bertz CT molecular complexity index is 344. The van der Waals surface area contributed by atoms with E-state index in [2.05, 4.69) is 50.6 Å². The lowest BCUT2D eigenvalue weighted by atomic mass is 10.0. The average Bonchev–Trinajstić information content (AvgIpc) is 2.53. The third-order valence-electron chi connectivity index (χ3n) is 4.69. The molecule has 0 fully saturated rings. The van der Waals surface area contributed by atoms with Crippen molar-refractivity contribution in [2.45, 2.75) is 83.2 Å². The standard InChI is InChI=1S/C21H37P/c1-4-5-6-7-8-9-10-11-15-18-21(22(2)3)19-20-16-13-12-14-17-20/h12-14,16-17,21H,4-11,15,18-19H2,1-3H3. The van der Waals surface area contributed by atoms with Crippen molar-refractivity contribution in [3.05, 3.63) is 35.9 Å². The Balaban J connectivity index is 2.09. The van der Waals surface area contributed by atoms with Crippen LogP contribution in [0.4, 0.5) is 0 Å². The average molecular weight is 321 g/mol. The van der Waals surface area contributed by atoms with Crippen molar-refractivity contribution in [3.8, 4) is 0 Å². The van der Waals surface area contributed by atoms with Crippen molar-refractivity contribution in [3.63, 3.8) is 0 Å². The number of rotatable bonds is 13. The first kappa shape index (κ1) is 19.7. The van der Waals surface area contributed by atoms with Gasteiger partial charge in [0.15, 0.2) is 0 Å². The van der Waals surface area contributed by atoms with E-state index in [9.17, 15) is 0 Å². The van der Waals surface area contributed by atoms with Gasteiger partial charge < -0.3 is 0 Å². The molecule has 1 aromatic rings. The summed E-state index contributed by atoms with van der Waals surface area (Å²) < 4.78 is 0. The van der Waals surface area contributed by atoms with Crippen LogP contribution in [0.2, 0.25) is 0 Å². The smallest absolute Gasteiger partial charge is 0.0174 e. The Hall–Kier alpha value is -0.350. The van der Waals surface area contributed by atoms with E-state index in [0.29, 0.717) is 0 Å². The zero-order valence-electron chi connectivity index (χ0n) is 15.2. The molecule has 1 unspecified atom stereocenters. The minimum absolute atomic E-state index is 0.178. The summed E-state index contributed by atoms with van der Waals surface area (Å²) in [5.41, 5.74) is 2.45. The van der Waals surface area contributed by atoms with Gasteiger partial charge in [0, 0.05) is 0 Å². The quantitative estimate of drug-likeness (QED) is 0.265. The second-order valence-electron chi connectivity index (χ2n) is 6.92. The van der Waals surface area contributed by atoms with Gasteiger partial charge in [-0.3, -0.25) is 0 Å². The van der Waals surface area contributed by atoms with Crippen molar-refractivity contribution < 1.29 is 0 Å². The van der Waals surface area contributed by atoms with Crippen molar-refractivity contribution >= 4 is 7.92 Å². The molecular weight excluding hydrogens is 283 g/mol. The van der Waals surface area contributed by atoms with Crippen LogP contribution in [0.3, 0.4) is 0 Å². The molecule has 0 saturated heterocycles. The predicted molar refractivity (Wildman–Crippen MR) is 105 cm³/mol. The first-order valence-corrected chi connectivity index (χ1v) is 11.7. The lowest BCUT2D eigenvalue weighted by Crippen LogP contribution is -2.09. The van der Waals surface area contributed by atoms with E-state index >= 15 is 0 Å². The summed E-state index contributed by atoms with van der Waals surface area (Å²) in [6, 6.07) is 11.1. The molecule has 1 heteroatoms. The predicted octanol–water partition coefficient (Wildman–Crippen LogP) is 7.26. The highest BCUT2D eigenvalue weighted by atomic mass is 31.1. The third kappa shape index (κ3) is 9.62. The van der Waals surface area contributed by atoms with Gasteiger partial charge in [-0.25, -0.2) is 0 Å². The van der Waals surface area contributed by atoms with Gasteiger partial charge in [0.2, 0.25) is 0 Å². The van der Waals surface area contributed by atoms with Gasteiger partial charge in [-0.1, -0.05) is 95.0 Å². The lowest BCUT2D eigenvalue weighted by Gasteiger charge is -2.21. The summed E-state index contributed by atoms with van der Waals surface area (Å²) in [6.45, 7) is 7.20. The van der Waals surface area contributed by atoms with Crippen LogP contribution >= 0.6 is 7.92 Å². The highest BCUT2D eigenvalue weighted by Crippen LogP contribution is 2.37. The number of benzene rings is 1. The summed E-state index contributed by atoms with van der Waals surface area (Å²) in [4.78, 5) is 0. The molecule has 0 radical (unpaired) electrons. The fraction of sp³-hybridized carbons (Fsp3) is 0.714. The zero-order valence-corrected chi connectivity index (χ0v) is 16.1. The second-order valence-corrected chi connectivity index (χ2v) is 9.58. The van der Waals surface area contributed by atoms with Crippen LogP contribution in [0.1, 0.15) is 76.7 Å². The van der Waals surface area contributed by atoms with E-state index in [-0.39, 0.29) is 7.92 Å². The molecule has 0 aliphatic carbocycles. The molecule has 1 rings (SSSR count). The van der Waals surface area contributed by atoms with Gasteiger partial charge in [0.1, 0.15) is 0 Å². The third-order valence-corrected chi connectivity index (χ3v) is 6.59. The highest BCUT2D eigenvalue weighted by Gasteiger charge is 2.13. The van der Waals surface area contributed by atoms with Gasteiger partial charge in [-0.05, 0) is 37.4 Å². The fourth-order valence-corrected chi connectivity index (χ4v) is 4.39. The minimum Gasteiger partial charge on any atom is -0.110 e. The van der Waals surface area contributed by atoms with Crippen LogP contribution in [0.5, 0.6) is 0 Å². The molecule has 0 aromatic heterocycles. The summed E-state index contributed by atoms with van der Waals surface area (Å²) in [5, 5.41) is 0. The maximum atomic E-state index is 2.46. The Kier molecular flexibility index (Phi) is 11.7. The van der Waals surface area contributed by atoms with Crippen LogP contribution in [-0.2, 0) is 6.42 Å². The van der Waals surface area contributed by atoms with Crippen LogP contribution in [0.25, 0.3) is 0 Å². The van der Waals surface area contributed by atoms with Gasteiger partial charge in [0.05, 0.1) is 0 Å². The molecule has 0 saturated carbocycles. The molecule has 0 heterocycles. The van der Waals surface area contributed by atoms with E-state index in [0.717, 1.165) is 5.66 Å². The van der Waals surface area contributed by atoms with E-state index in [1.807, 2.05) is 0 Å². The molecule has 126 valence electrons. The monoisotopic (exact) mass is 320 g/mol. The number of unbranched alkanes of at least 4 members (excludes halogenated alkanes) is 8. The van der Waals surface area contributed by atoms with Crippen LogP contribution in [0, 0.1) is 0 Å². The molecule has 0 nitrogen and oxygen atoms in total. The molecule has 0 bridgehead atoms. The second kappa shape index (κ2) is 13.1. The minimum atomic E-state index is 0.178. The normalized spacial score (nSPS) is 12.7. The summed E-state index contributed by atoms with van der Waals surface area (Å²) in [5.74, 6) is 0. The number of hydrogen-bond acceptors (Lipinski definition) is 0. The van der Waals surface area contributed by atoms with Crippen molar-refractivity contribution in [2.75, 3.05) is 13.3 Å². The molecular formula is C21H37P. The first-order chi connectivity index (χ1) is 10.7. The SMILES string of the molecule is CCCCCCCCCCCC(Cc1ccccc1)P(C)C. The highest BCUT2D eigenvalue weighted by molar-refractivity contribution is 7.56. The Labute approximate surface area is 140 Å². The van der Waals surface area contributed by atoms with E-state index in [1.165, 1.54) is 76.2 Å². The first-order valence-electron chi connectivity index (χ1n) is 9.44. The maximum Gasteiger partial charge on any atom is -0.0174 e. The maximum absolute atomic E-state index is 2.46. The van der Waals surface area contributed by atoms with Crippen LogP contribution < -0.4 is 0 Å². The van der Waals surface area contributed by atoms with Gasteiger partial charge in [0.25, 0.3) is 0 Å². The molecule has 1 aromatic carbocycles. The van der Waals surface area contributed by atoms with Crippen molar-refractivity contribution in [1.82, 2.24) is 0 Å². The molecule has 0 amide bonds. The van der Waals surface area contributed by atoms with Gasteiger partial charge >= 0.3 is 0 Å². The van der Waals surface area contributed by atoms with Crippen molar-refractivity contribution in [2.24, 2.45) is 0 Å². The molecule has 0 N–H and O–H groups in total. The van der Waals surface area contributed by atoms with E-state index < -0.39 is 0 Å². The summed E-state index contributed by atoms with van der Waals surface area (Å²) in [7, 11) is 0.178. The lowest BCUT2D eigenvalue weighted by molar-refractivity contribution is 0.551. The Morgan fingerprint density at radius 1 is 0.773 bits per heavy atom. The number of hydrogen-bond donors (Lipinski definition) is 0.